The molecule has 0 bridgehead atoms. The number of primary amides is 1. The Kier molecular flexibility index (Phi) is 5.05. The number of hydrogen-bond acceptors (Lipinski definition) is 4. The second-order valence-corrected chi connectivity index (χ2v) is 5.47. The maximum Gasteiger partial charge on any atom is 0.269 e. The van der Waals surface area contributed by atoms with Crippen LogP contribution in [0.3, 0.4) is 0 Å². The van der Waals surface area contributed by atoms with Gasteiger partial charge in [-0.1, -0.05) is 11.6 Å². The number of nitrogens with two attached hydrogens (primary N) is 1. The molecule has 2 aromatic rings. The molecule has 124 valence electrons. The van der Waals surface area contributed by atoms with Crippen LogP contribution in [0.4, 0.5) is 5.69 Å². The van der Waals surface area contributed by atoms with Gasteiger partial charge < -0.3 is 11.1 Å². The minimum Gasteiger partial charge on any atom is -0.364 e. The van der Waals surface area contributed by atoms with Crippen LogP contribution in [0.5, 0.6) is 0 Å². The lowest BCUT2D eigenvalue weighted by atomic mass is 10.3. The number of anilines is 1. The Balaban J connectivity index is 2.04. The lowest BCUT2D eigenvalue weighted by molar-refractivity contribution is -0.116. The van der Waals surface area contributed by atoms with E-state index in [9.17, 15) is 9.59 Å². The second kappa shape index (κ2) is 6.82. The van der Waals surface area contributed by atoms with Crippen molar-refractivity contribution < 1.29 is 9.59 Å². The van der Waals surface area contributed by atoms with Crippen LogP contribution < -0.4 is 11.1 Å². The summed E-state index contributed by atoms with van der Waals surface area (Å²) in [5.41, 5.74) is 7.38. The average Bonchev–Trinajstić information content (AvgIpc) is 3.01. The summed E-state index contributed by atoms with van der Waals surface area (Å²) in [4.78, 5) is 23.6. The van der Waals surface area contributed by atoms with Crippen molar-refractivity contribution in [2.75, 3.05) is 5.32 Å². The van der Waals surface area contributed by atoms with Crippen molar-refractivity contribution in [3.63, 3.8) is 0 Å². The second-order valence-electron chi connectivity index (χ2n) is 5.09. The monoisotopic (exact) mass is 338 g/mol. The average molecular weight is 339 g/mol. The number of halogens is 1. The highest BCUT2D eigenvalue weighted by Crippen LogP contribution is 2.19. The highest BCUT2D eigenvalue weighted by molar-refractivity contribution is 6.31. The molecule has 2 amide bonds. The third-order valence-corrected chi connectivity index (χ3v) is 4.04. The number of amides is 2. The molecule has 0 aromatic carbocycles. The predicted octanol–water partition coefficient (Wildman–Crippen LogP) is 1.50. The molecule has 0 fully saturated rings. The van der Waals surface area contributed by atoms with Gasteiger partial charge >= 0.3 is 0 Å². The number of rotatable bonds is 6. The molecule has 23 heavy (non-hydrogen) atoms. The molecular weight excluding hydrogens is 320 g/mol. The molecule has 0 spiro atoms. The Morgan fingerprint density at radius 1 is 1.35 bits per heavy atom. The Morgan fingerprint density at radius 2 is 2.04 bits per heavy atom. The third-order valence-electron chi connectivity index (χ3n) is 3.49. The maximum absolute atomic E-state index is 12.1. The smallest absolute Gasteiger partial charge is 0.269 e. The lowest BCUT2D eigenvalue weighted by Gasteiger charge is -2.07. The first kappa shape index (κ1) is 17.0. The highest BCUT2D eigenvalue weighted by atomic mass is 35.5. The highest BCUT2D eigenvalue weighted by Gasteiger charge is 2.17. The zero-order valence-corrected chi connectivity index (χ0v) is 14.0. The molecule has 0 radical (unpaired) electrons. The van der Waals surface area contributed by atoms with Gasteiger partial charge in [0.05, 0.1) is 34.8 Å². The van der Waals surface area contributed by atoms with Crippen LogP contribution in [0.1, 0.15) is 35.2 Å². The number of aromatic nitrogens is 4. The Bertz CT molecular complexity index is 749. The predicted molar refractivity (Wildman–Crippen MR) is 86.4 cm³/mol. The first-order chi connectivity index (χ1) is 10.8. The van der Waals surface area contributed by atoms with Gasteiger partial charge in [-0.3, -0.25) is 19.0 Å². The quantitative estimate of drug-likeness (QED) is 0.831. The number of carbonyl (C=O) groups is 2. The van der Waals surface area contributed by atoms with Crippen LogP contribution in [0.15, 0.2) is 6.20 Å². The largest absolute Gasteiger partial charge is 0.364 e. The van der Waals surface area contributed by atoms with Gasteiger partial charge in [0.2, 0.25) is 5.91 Å². The summed E-state index contributed by atoms with van der Waals surface area (Å²) in [6, 6.07) is 0. The van der Waals surface area contributed by atoms with Gasteiger partial charge in [-0.15, -0.1) is 0 Å². The van der Waals surface area contributed by atoms with Crippen LogP contribution in [-0.4, -0.2) is 31.4 Å². The van der Waals surface area contributed by atoms with Gasteiger partial charge in [0.15, 0.2) is 0 Å². The Morgan fingerprint density at radius 3 is 2.57 bits per heavy atom. The maximum atomic E-state index is 12.1. The van der Waals surface area contributed by atoms with E-state index in [1.807, 2.05) is 20.8 Å². The van der Waals surface area contributed by atoms with Crippen LogP contribution >= 0.6 is 11.6 Å². The van der Waals surface area contributed by atoms with Gasteiger partial charge in [-0.05, 0) is 20.8 Å². The molecule has 8 nitrogen and oxygen atoms in total. The van der Waals surface area contributed by atoms with E-state index >= 15 is 0 Å². The fourth-order valence-corrected chi connectivity index (χ4v) is 2.42. The molecule has 0 unspecified atom stereocenters. The fourth-order valence-electron chi connectivity index (χ4n) is 2.29. The normalized spacial score (nSPS) is 10.8. The van der Waals surface area contributed by atoms with E-state index in [4.69, 9.17) is 17.3 Å². The summed E-state index contributed by atoms with van der Waals surface area (Å²) in [7, 11) is 0. The van der Waals surface area contributed by atoms with E-state index in [2.05, 4.69) is 15.5 Å². The molecule has 0 saturated carbocycles. The van der Waals surface area contributed by atoms with Gasteiger partial charge in [0, 0.05) is 13.0 Å². The van der Waals surface area contributed by atoms with Crippen molar-refractivity contribution in [1.82, 2.24) is 19.6 Å². The van der Waals surface area contributed by atoms with Gasteiger partial charge in [0.1, 0.15) is 5.69 Å². The minimum absolute atomic E-state index is 0.188. The number of hydrogen-bond donors (Lipinski definition) is 2. The molecule has 2 heterocycles. The van der Waals surface area contributed by atoms with Crippen molar-refractivity contribution in [3.05, 3.63) is 28.3 Å². The number of aryl methyl sites for hydroxylation is 3. The topological polar surface area (TPSA) is 108 Å². The zero-order chi connectivity index (χ0) is 17.1. The molecule has 0 saturated heterocycles. The summed E-state index contributed by atoms with van der Waals surface area (Å²) < 4.78 is 3.13. The number of carbonyl (C=O) groups excluding carboxylic acids is 2. The standard InChI is InChI=1S/C14H19ClN6O2/c1-4-20-13(14(16)23)10(7-17-20)18-11(22)5-6-21-9(3)12(15)8(2)19-21/h7H,4-6H2,1-3H3,(H2,16,23)(H,18,22). The Hall–Kier alpha value is -2.35. The first-order valence-electron chi connectivity index (χ1n) is 7.20. The molecule has 0 aliphatic rings. The van der Waals surface area contributed by atoms with E-state index in [0.29, 0.717) is 23.8 Å². The lowest BCUT2D eigenvalue weighted by Crippen LogP contribution is -2.21. The van der Waals surface area contributed by atoms with Crippen molar-refractivity contribution >= 4 is 29.1 Å². The molecule has 2 rings (SSSR count). The van der Waals surface area contributed by atoms with E-state index in [0.717, 1.165) is 11.4 Å². The number of nitrogens with zero attached hydrogens (tertiary/aromatic N) is 4. The Labute approximate surface area is 138 Å². The van der Waals surface area contributed by atoms with Gasteiger partial charge in [-0.25, -0.2) is 0 Å². The minimum atomic E-state index is -0.634. The third kappa shape index (κ3) is 3.53. The van der Waals surface area contributed by atoms with Crippen molar-refractivity contribution in [2.24, 2.45) is 5.73 Å². The van der Waals surface area contributed by atoms with Crippen LogP contribution in [0.25, 0.3) is 0 Å². The molecule has 9 heteroatoms. The van der Waals surface area contributed by atoms with Crippen LogP contribution in [0, 0.1) is 13.8 Å². The van der Waals surface area contributed by atoms with E-state index < -0.39 is 5.91 Å². The molecule has 2 aromatic heterocycles. The number of nitrogens with one attached hydrogen (secondary N) is 1. The summed E-state index contributed by atoms with van der Waals surface area (Å²) in [6.07, 6.45) is 1.61. The van der Waals surface area contributed by atoms with Crippen molar-refractivity contribution in [3.8, 4) is 0 Å². The molecular formula is C14H19ClN6O2. The fraction of sp³-hybridized carbons (Fsp3) is 0.429. The van der Waals surface area contributed by atoms with Crippen LogP contribution in [0.2, 0.25) is 5.02 Å². The zero-order valence-electron chi connectivity index (χ0n) is 13.3. The van der Waals surface area contributed by atoms with Crippen molar-refractivity contribution in [2.45, 2.75) is 40.3 Å². The van der Waals surface area contributed by atoms with Crippen LogP contribution in [-0.2, 0) is 17.9 Å². The van der Waals surface area contributed by atoms with E-state index in [1.54, 1.807) is 4.68 Å². The summed E-state index contributed by atoms with van der Waals surface area (Å²) >= 11 is 6.07. The molecule has 3 N–H and O–H groups in total. The summed E-state index contributed by atoms with van der Waals surface area (Å²) in [5, 5.41) is 11.6. The van der Waals surface area contributed by atoms with Crippen molar-refractivity contribution in [1.29, 1.82) is 0 Å². The SMILES string of the molecule is CCn1ncc(NC(=O)CCn2nc(C)c(Cl)c2C)c1C(N)=O. The van der Waals surface area contributed by atoms with E-state index in [-0.39, 0.29) is 18.0 Å². The first-order valence-corrected chi connectivity index (χ1v) is 7.57. The summed E-state index contributed by atoms with van der Waals surface area (Å²) in [5.74, 6) is -0.892. The molecule has 0 aliphatic carbocycles. The van der Waals surface area contributed by atoms with Gasteiger partial charge in [0.25, 0.3) is 5.91 Å². The van der Waals surface area contributed by atoms with E-state index in [1.165, 1.54) is 10.9 Å². The molecule has 0 aliphatic heterocycles. The van der Waals surface area contributed by atoms with Gasteiger partial charge in [-0.2, -0.15) is 10.2 Å². The molecule has 0 atom stereocenters. The summed E-state index contributed by atoms with van der Waals surface area (Å²) in [6.45, 7) is 6.36.